The average molecular weight is 1020 g/mol. The van der Waals surface area contributed by atoms with Crippen molar-refractivity contribution in [3.05, 3.63) is 263 Å². The minimum absolute atomic E-state index is 0.121. The second-order valence-electron chi connectivity index (χ2n) is 21.4. The van der Waals surface area contributed by atoms with Crippen LogP contribution in [-0.4, -0.2) is 11.3 Å². The maximum atomic E-state index is 4.78. The van der Waals surface area contributed by atoms with Crippen molar-refractivity contribution < 1.29 is 8.82 Å². The number of aryl methyl sites for hydroxylation is 2. The summed E-state index contributed by atoms with van der Waals surface area (Å²) in [5, 5.41) is 14.3. The Bertz CT molecular complexity index is 3650. The van der Waals surface area contributed by atoms with E-state index in [4.69, 9.17) is 13.4 Å². The van der Waals surface area contributed by atoms with E-state index < -0.39 is 0 Å². The van der Waals surface area contributed by atoms with Gasteiger partial charge in [-0.1, -0.05) is 158 Å². The van der Waals surface area contributed by atoms with Crippen molar-refractivity contribution >= 4 is 63.3 Å². The predicted molar refractivity (Wildman–Crippen MR) is 322 cm³/mol. The summed E-state index contributed by atoms with van der Waals surface area (Å²) < 4.78 is 4.34. The molecule has 0 saturated carbocycles. The maximum absolute atomic E-state index is 4.78. The molecule has 6 heteroatoms. The SMILES string of the molecule is C=[N+]1C(c2cccc3ccccc23)=CC=C[C-]1C(Nc1c(C(C)C)cccc1C(C)C)c1ccc(CCCc2ccc(C(Nc3c(C(C)C)cccc3C(C)C)c3cccc(=c4cccc5c4=CC=C[CH-]5)[n+]3=C)s2)s1. The van der Waals surface area contributed by atoms with Crippen molar-refractivity contribution in [1.82, 2.24) is 0 Å². The molecule has 2 atom stereocenters. The van der Waals surface area contributed by atoms with Crippen LogP contribution in [0, 0.1) is 29.7 Å². The van der Waals surface area contributed by atoms with Gasteiger partial charge in [0, 0.05) is 53.8 Å². The predicted octanol–water partition coefficient (Wildman–Crippen LogP) is 17.0. The first-order valence-corrected chi connectivity index (χ1v) is 28.6. The number of rotatable bonds is 17. The highest BCUT2D eigenvalue weighted by atomic mass is 32.1. The third-order valence-electron chi connectivity index (χ3n) is 15.1. The molecule has 380 valence electrons. The third-order valence-corrected chi connectivity index (χ3v) is 17.5. The van der Waals surface area contributed by atoms with Gasteiger partial charge < -0.3 is 10.6 Å². The average Bonchev–Trinajstić information content (AvgIpc) is 4.09. The lowest BCUT2D eigenvalue weighted by Gasteiger charge is -2.33. The highest BCUT2D eigenvalue weighted by Crippen LogP contribution is 2.44. The van der Waals surface area contributed by atoms with E-state index in [1.54, 1.807) is 0 Å². The highest BCUT2D eigenvalue weighted by molar-refractivity contribution is 7.12. The Morgan fingerprint density at radius 2 is 1.16 bits per heavy atom. The number of anilines is 2. The van der Waals surface area contributed by atoms with E-state index in [-0.39, 0.29) is 12.1 Å². The highest BCUT2D eigenvalue weighted by Gasteiger charge is 2.33. The van der Waals surface area contributed by atoms with Crippen LogP contribution in [0.3, 0.4) is 0 Å². The van der Waals surface area contributed by atoms with Gasteiger partial charge in [-0.2, -0.15) is 4.24 Å². The van der Waals surface area contributed by atoms with Gasteiger partial charge >= 0.3 is 0 Å². The van der Waals surface area contributed by atoms with Crippen molar-refractivity contribution in [3.8, 4) is 0 Å². The van der Waals surface area contributed by atoms with Gasteiger partial charge in [0.15, 0.2) is 0 Å². The van der Waals surface area contributed by atoms with Crippen LogP contribution >= 0.6 is 22.7 Å². The molecule has 0 amide bonds. The molecule has 1 aliphatic carbocycles. The van der Waals surface area contributed by atoms with Gasteiger partial charge in [-0.15, -0.1) is 71.1 Å². The van der Waals surface area contributed by atoms with E-state index in [9.17, 15) is 0 Å². The Balaban J connectivity index is 0.959. The molecule has 3 aromatic heterocycles. The van der Waals surface area contributed by atoms with Crippen molar-refractivity contribution in [2.45, 2.75) is 110 Å². The first-order valence-electron chi connectivity index (χ1n) is 27.0. The minimum Gasteiger partial charge on any atom is -0.375 e. The fourth-order valence-corrected chi connectivity index (χ4v) is 13.3. The molecule has 0 fully saturated rings. The molecule has 0 radical (unpaired) electrons. The van der Waals surface area contributed by atoms with Gasteiger partial charge in [0.2, 0.25) is 11.0 Å². The standard InChI is InChI=1S/C69H72N4S2/c1-44(2)52-30-18-31-53(45(3)4)66(52)70-68(62-38-20-36-60(72(62)9)58-34-15-24-48-22-11-13-28-56(48)58)64-42-40-50(74-64)26-17-27-51-41-43-65(75-51)69(71-67-54(46(5)6)32-19-33-55(67)47(7)8)63-39-21-37-61(73(63)10)59-35-16-25-49-23-12-14-29-57(49)59/h11-16,18-25,28-47,68-71H,9-10,17,26-27H2,1-8H3. The zero-order valence-electron chi connectivity index (χ0n) is 45.0. The lowest BCUT2D eigenvalue weighted by molar-refractivity contribution is -0.520. The van der Waals surface area contributed by atoms with E-state index in [1.807, 2.05) is 22.7 Å². The van der Waals surface area contributed by atoms with Crippen LogP contribution in [0.5, 0.6) is 0 Å². The van der Waals surface area contributed by atoms with E-state index in [0.717, 1.165) is 42.0 Å². The largest absolute Gasteiger partial charge is 0.375 e. The maximum Gasteiger partial charge on any atom is 0.214 e. The molecule has 75 heavy (non-hydrogen) atoms. The normalized spacial score (nSPS) is 14.6. The Morgan fingerprint density at radius 1 is 0.573 bits per heavy atom. The lowest BCUT2D eigenvalue weighted by atomic mass is 9.91. The molecule has 5 aromatic carbocycles. The topological polar surface area (TPSA) is 33.0 Å². The van der Waals surface area contributed by atoms with Crippen LogP contribution in [0.1, 0.15) is 156 Å². The zero-order chi connectivity index (χ0) is 52.3. The van der Waals surface area contributed by atoms with Gasteiger partial charge in [-0.3, -0.25) is 4.58 Å². The molecule has 10 rings (SSSR count). The van der Waals surface area contributed by atoms with Crippen LogP contribution < -0.4 is 20.1 Å². The molecule has 0 saturated heterocycles. The Morgan fingerprint density at radius 3 is 1.84 bits per heavy atom. The number of aromatic nitrogens is 1. The van der Waals surface area contributed by atoms with Crippen molar-refractivity contribution in [2.75, 3.05) is 10.6 Å². The molecule has 4 heterocycles. The molecule has 0 spiro atoms. The number of hydrogen-bond acceptors (Lipinski definition) is 4. The number of para-hydroxylation sites is 2. The number of allylic oxidation sites excluding steroid dienone is 4. The van der Waals surface area contributed by atoms with Crippen LogP contribution in [0.25, 0.3) is 22.5 Å². The summed E-state index contributed by atoms with van der Waals surface area (Å²) in [5.41, 5.74) is 12.4. The number of pyridine rings is 1. The monoisotopic (exact) mass is 1020 g/mol. The molecule has 2 unspecified atom stereocenters. The van der Waals surface area contributed by atoms with Gasteiger partial charge in [0.1, 0.15) is 30.5 Å². The number of fused-ring (bicyclic) bond motifs is 2. The summed E-state index contributed by atoms with van der Waals surface area (Å²) >= 11 is 3.86. The summed E-state index contributed by atoms with van der Waals surface area (Å²) in [7, 11) is 0. The molecular formula is C69H72N4S2. The van der Waals surface area contributed by atoms with E-state index >= 15 is 0 Å². The molecule has 1 aliphatic heterocycles. The number of hydrogen-bond donors (Lipinski definition) is 2. The van der Waals surface area contributed by atoms with Crippen molar-refractivity contribution in [1.29, 1.82) is 0 Å². The third kappa shape index (κ3) is 10.6. The number of nitrogens with zero attached hydrogens (tertiary/aromatic N) is 2. The minimum atomic E-state index is -0.121. The van der Waals surface area contributed by atoms with Gasteiger partial charge in [-0.25, -0.2) is 0 Å². The van der Waals surface area contributed by atoms with Gasteiger partial charge in [0.05, 0.1) is 6.72 Å². The summed E-state index contributed by atoms with van der Waals surface area (Å²) in [5.74, 6) is 1.43. The Labute approximate surface area is 453 Å². The molecule has 2 aliphatic rings. The molecular weight excluding hydrogens is 949 g/mol. The van der Waals surface area contributed by atoms with Crippen LogP contribution in [0.15, 0.2) is 170 Å². The quantitative estimate of drug-likeness (QED) is 0.0704. The van der Waals surface area contributed by atoms with Gasteiger partial charge in [0.25, 0.3) is 0 Å². The molecule has 4 nitrogen and oxygen atoms in total. The fraction of sp³-hybridized carbons (Fsp3) is 0.246. The Kier molecular flexibility index (Phi) is 15.3. The molecule has 8 aromatic rings. The zero-order valence-corrected chi connectivity index (χ0v) is 46.7. The van der Waals surface area contributed by atoms with Crippen LogP contribution in [-0.2, 0) is 12.8 Å². The number of nitrogens with one attached hydrogen (secondary N) is 2. The smallest absolute Gasteiger partial charge is 0.214 e. The molecule has 0 bridgehead atoms. The van der Waals surface area contributed by atoms with E-state index in [2.05, 4.69) is 257 Å². The first-order chi connectivity index (χ1) is 36.4. The summed E-state index contributed by atoms with van der Waals surface area (Å²) in [6.45, 7) is 28.0. The van der Waals surface area contributed by atoms with Crippen molar-refractivity contribution in [3.63, 3.8) is 0 Å². The first kappa shape index (κ1) is 51.4. The molecule has 2 N–H and O–H groups in total. The summed E-state index contributed by atoms with van der Waals surface area (Å²) in [6.07, 6.45) is 18.4. The number of thiophene rings is 2. The van der Waals surface area contributed by atoms with E-state index in [0.29, 0.717) is 23.7 Å². The lowest BCUT2D eigenvalue weighted by Crippen LogP contribution is -2.30. The second-order valence-corrected chi connectivity index (χ2v) is 23.8. The fourth-order valence-electron chi connectivity index (χ4n) is 11.1. The van der Waals surface area contributed by atoms with Crippen LogP contribution in [0.4, 0.5) is 11.4 Å². The summed E-state index contributed by atoms with van der Waals surface area (Å²) in [4.78, 5) is 5.36. The van der Waals surface area contributed by atoms with Gasteiger partial charge in [-0.05, 0) is 106 Å². The summed E-state index contributed by atoms with van der Waals surface area (Å²) in [6, 6.07) is 52.4. The Hall–Kier alpha value is -7.12. The number of benzene rings is 5. The van der Waals surface area contributed by atoms with Crippen molar-refractivity contribution in [2.24, 2.45) is 0 Å². The van der Waals surface area contributed by atoms with Crippen LogP contribution in [0.2, 0.25) is 0 Å². The second kappa shape index (κ2) is 22.4. The van der Waals surface area contributed by atoms with E-state index in [1.165, 1.54) is 85.5 Å².